The standard InChI is InChI=1S/C16H25NO/c1-2-11-17-12-10-14-6-3-4-7-15(14)13-18-16-8-5-9-16/h3-4,6-7,16-17H,2,5,8-13H2,1H3. The Bertz CT molecular complexity index is 347. The van der Waals surface area contributed by atoms with Gasteiger partial charge in [-0.2, -0.15) is 0 Å². The maximum absolute atomic E-state index is 5.91. The smallest absolute Gasteiger partial charge is 0.0723 e. The zero-order chi connectivity index (χ0) is 12.6. The molecule has 100 valence electrons. The molecule has 1 N–H and O–H groups in total. The van der Waals surface area contributed by atoms with E-state index < -0.39 is 0 Å². The van der Waals surface area contributed by atoms with Crippen LogP contribution in [0.4, 0.5) is 0 Å². The molecule has 0 aliphatic heterocycles. The van der Waals surface area contributed by atoms with Crippen LogP contribution in [0.2, 0.25) is 0 Å². The Morgan fingerprint density at radius 2 is 1.94 bits per heavy atom. The average molecular weight is 247 g/mol. The third-order valence-electron chi connectivity index (χ3n) is 3.64. The Kier molecular flexibility index (Phi) is 5.69. The van der Waals surface area contributed by atoms with Crippen LogP contribution in [0.1, 0.15) is 43.7 Å². The van der Waals surface area contributed by atoms with E-state index in [9.17, 15) is 0 Å². The molecule has 0 bridgehead atoms. The van der Waals surface area contributed by atoms with Gasteiger partial charge in [-0.3, -0.25) is 0 Å². The Labute approximate surface area is 111 Å². The molecule has 1 aromatic carbocycles. The highest BCUT2D eigenvalue weighted by Crippen LogP contribution is 2.23. The van der Waals surface area contributed by atoms with Crippen LogP contribution in [-0.2, 0) is 17.8 Å². The summed E-state index contributed by atoms with van der Waals surface area (Å²) in [6.45, 7) is 5.16. The number of hydrogen-bond acceptors (Lipinski definition) is 2. The predicted molar refractivity (Wildman–Crippen MR) is 75.7 cm³/mol. The van der Waals surface area contributed by atoms with E-state index in [4.69, 9.17) is 4.74 Å². The maximum atomic E-state index is 5.91. The van der Waals surface area contributed by atoms with E-state index in [1.807, 2.05) is 0 Å². The van der Waals surface area contributed by atoms with Gasteiger partial charge in [0.15, 0.2) is 0 Å². The molecule has 0 heterocycles. The molecule has 0 radical (unpaired) electrons. The third-order valence-corrected chi connectivity index (χ3v) is 3.64. The molecule has 0 unspecified atom stereocenters. The first kappa shape index (κ1) is 13.6. The van der Waals surface area contributed by atoms with Gasteiger partial charge in [0, 0.05) is 0 Å². The number of ether oxygens (including phenoxy) is 1. The largest absolute Gasteiger partial charge is 0.374 e. The maximum Gasteiger partial charge on any atom is 0.0723 e. The van der Waals surface area contributed by atoms with Gasteiger partial charge in [-0.15, -0.1) is 0 Å². The topological polar surface area (TPSA) is 21.3 Å². The van der Waals surface area contributed by atoms with E-state index in [2.05, 4.69) is 36.5 Å². The van der Waals surface area contributed by atoms with Crippen LogP contribution >= 0.6 is 0 Å². The van der Waals surface area contributed by atoms with Gasteiger partial charge in [0.05, 0.1) is 12.7 Å². The highest BCUT2D eigenvalue weighted by molar-refractivity contribution is 5.26. The van der Waals surface area contributed by atoms with Crippen molar-refractivity contribution >= 4 is 0 Å². The summed E-state index contributed by atoms with van der Waals surface area (Å²) in [4.78, 5) is 0. The van der Waals surface area contributed by atoms with Crippen molar-refractivity contribution in [3.8, 4) is 0 Å². The SMILES string of the molecule is CCCNCCc1ccccc1COC1CCC1. The summed E-state index contributed by atoms with van der Waals surface area (Å²) in [6.07, 6.45) is 6.67. The van der Waals surface area contributed by atoms with Gasteiger partial charge >= 0.3 is 0 Å². The molecule has 2 nitrogen and oxygen atoms in total. The second-order valence-corrected chi connectivity index (χ2v) is 5.13. The van der Waals surface area contributed by atoms with E-state index in [0.29, 0.717) is 6.10 Å². The van der Waals surface area contributed by atoms with Crippen LogP contribution in [0.3, 0.4) is 0 Å². The van der Waals surface area contributed by atoms with Crippen molar-refractivity contribution in [3.05, 3.63) is 35.4 Å². The molecule has 1 aliphatic rings. The van der Waals surface area contributed by atoms with Crippen molar-refractivity contribution in [3.63, 3.8) is 0 Å². The molecule has 1 saturated carbocycles. The Morgan fingerprint density at radius 1 is 1.17 bits per heavy atom. The van der Waals surface area contributed by atoms with Gasteiger partial charge < -0.3 is 10.1 Å². The first-order chi connectivity index (χ1) is 8.90. The fourth-order valence-corrected chi connectivity index (χ4v) is 2.21. The minimum absolute atomic E-state index is 0.524. The monoisotopic (exact) mass is 247 g/mol. The summed E-state index contributed by atoms with van der Waals surface area (Å²) >= 11 is 0. The van der Waals surface area contributed by atoms with E-state index >= 15 is 0 Å². The van der Waals surface area contributed by atoms with E-state index in [1.54, 1.807) is 0 Å². The summed E-state index contributed by atoms with van der Waals surface area (Å²) in [7, 11) is 0. The van der Waals surface area contributed by atoms with Gasteiger partial charge in [0.1, 0.15) is 0 Å². The molecule has 2 rings (SSSR count). The lowest BCUT2D eigenvalue weighted by Gasteiger charge is -2.26. The molecular weight excluding hydrogens is 222 g/mol. The van der Waals surface area contributed by atoms with Crippen molar-refractivity contribution in [2.45, 2.75) is 51.7 Å². The summed E-state index contributed by atoms with van der Waals surface area (Å²) < 4.78 is 5.91. The summed E-state index contributed by atoms with van der Waals surface area (Å²) in [5.74, 6) is 0. The molecule has 0 amide bonds. The fourth-order valence-electron chi connectivity index (χ4n) is 2.21. The Morgan fingerprint density at radius 3 is 2.61 bits per heavy atom. The highest BCUT2D eigenvalue weighted by atomic mass is 16.5. The van der Waals surface area contributed by atoms with Crippen molar-refractivity contribution in [1.29, 1.82) is 0 Å². The van der Waals surface area contributed by atoms with E-state index in [1.165, 1.54) is 36.8 Å². The van der Waals surface area contributed by atoms with Crippen LogP contribution in [-0.4, -0.2) is 19.2 Å². The number of rotatable bonds is 8. The zero-order valence-corrected chi connectivity index (χ0v) is 11.5. The predicted octanol–water partition coefficient (Wildman–Crippen LogP) is 3.30. The number of hydrogen-bond donors (Lipinski definition) is 1. The molecular formula is C16H25NO. The van der Waals surface area contributed by atoms with Crippen molar-refractivity contribution in [2.75, 3.05) is 13.1 Å². The average Bonchev–Trinajstić information content (AvgIpc) is 2.34. The minimum atomic E-state index is 0.524. The van der Waals surface area contributed by atoms with Crippen LogP contribution in [0.15, 0.2) is 24.3 Å². The lowest BCUT2D eigenvalue weighted by molar-refractivity contribution is -0.00893. The van der Waals surface area contributed by atoms with Gasteiger partial charge in [-0.1, -0.05) is 31.2 Å². The highest BCUT2D eigenvalue weighted by Gasteiger charge is 2.17. The molecule has 1 fully saturated rings. The zero-order valence-electron chi connectivity index (χ0n) is 11.5. The molecule has 0 aromatic heterocycles. The Balaban J connectivity index is 1.79. The molecule has 2 heteroatoms. The third kappa shape index (κ3) is 4.11. The second-order valence-electron chi connectivity index (χ2n) is 5.13. The molecule has 0 spiro atoms. The van der Waals surface area contributed by atoms with Crippen molar-refractivity contribution in [2.24, 2.45) is 0 Å². The van der Waals surface area contributed by atoms with Gasteiger partial charge in [0.2, 0.25) is 0 Å². The van der Waals surface area contributed by atoms with Gasteiger partial charge in [0.25, 0.3) is 0 Å². The number of benzene rings is 1. The summed E-state index contributed by atoms with van der Waals surface area (Å²) in [5.41, 5.74) is 2.79. The van der Waals surface area contributed by atoms with Gasteiger partial charge in [-0.05, 0) is 56.3 Å². The summed E-state index contributed by atoms with van der Waals surface area (Å²) in [5, 5.41) is 3.46. The normalized spacial score (nSPS) is 15.6. The Hall–Kier alpha value is -0.860. The minimum Gasteiger partial charge on any atom is -0.374 e. The lowest BCUT2D eigenvalue weighted by Crippen LogP contribution is -2.22. The molecule has 18 heavy (non-hydrogen) atoms. The molecule has 0 atom stereocenters. The first-order valence-corrected chi connectivity index (χ1v) is 7.29. The first-order valence-electron chi connectivity index (χ1n) is 7.29. The van der Waals surface area contributed by atoms with Crippen LogP contribution < -0.4 is 5.32 Å². The van der Waals surface area contributed by atoms with Crippen molar-refractivity contribution < 1.29 is 4.74 Å². The second kappa shape index (κ2) is 7.55. The van der Waals surface area contributed by atoms with Crippen LogP contribution in [0.5, 0.6) is 0 Å². The van der Waals surface area contributed by atoms with Crippen LogP contribution in [0, 0.1) is 0 Å². The van der Waals surface area contributed by atoms with E-state index in [0.717, 1.165) is 26.1 Å². The van der Waals surface area contributed by atoms with Gasteiger partial charge in [-0.25, -0.2) is 0 Å². The molecule has 1 aromatic rings. The van der Waals surface area contributed by atoms with Crippen molar-refractivity contribution in [1.82, 2.24) is 5.32 Å². The molecule has 0 saturated heterocycles. The molecule has 1 aliphatic carbocycles. The van der Waals surface area contributed by atoms with E-state index in [-0.39, 0.29) is 0 Å². The number of nitrogens with one attached hydrogen (secondary N) is 1. The quantitative estimate of drug-likeness (QED) is 0.712. The lowest BCUT2D eigenvalue weighted by atomic mass is 9.96. The fraction of sp³-hybridized carbons (Fsp3) is 0.625. The summed E-state index contributed by atoms with van der Waals surface area (Å²) in [6, 6.07) is 8.67. The van der Waals surface area contributed by atoms with Crippen LogP contribution in [0.25, 0.3) is 0 Å².